The number of methoxy groups -OCH3 is 1. The van der Waals surface area contributed by atoms with Crippen molar-refractivity contribution in [2.45, 2.75) is 13.3 Å². The average Bonchev–Trinajstić information content (AvgIpc) is 2.83. The number of nitrogens with zero attached hydrogens (tertiary/aromatic N) is 1. The number of fused-ring (bicyclic) bond motifs is 1. The van der Waals surface area contributed by atoms with E-state index in [0.717, 1.165) is 21.7 Å². The molecule has 0 aliphatic heterocycles. The number of esters is 1. The van der Waals surface area contributed by atoms with Crippen LogP contribution in [0.1, 0.15) is 33.2 Å². The van der Waals surface area contributed by atoms with Gasteiger partial charge in [0.2, 0.25) is 0 Å². The van der Waals surface area contributed by atoms with E-state index in [1.54, 1.807) is 0 Å². The smallest absolute Gasteiger partial charge is 0.337 e. The van der Waals surface area contributed by atoms with Gasteiger partial charge in [-0.15, -0.1) is 0 Å². The first kappa shape index (κ1) is 22.6. The summed E-state index contributed by atoms with van der Waals surface area (Å²) in [4.78, 5) is 30.0. The van der Waals surface area contributed by atoms with Crippen molar-refractivity contribution in [1.29, 1.82) is 0 Å². The van der Waals surface area contributed by atoms with Gasteiger partial charge in [0.25, 0.3) is 5.91 Å². The number of rotatable bonds is 5. The van der Waals surface area contributed by atoms with Crippen LogP contribution in [0, 0.1) is 5.82 Å². The molecule has 4 aromatic rings. The highest BCUT2D eigenvalue weighted by Gasteiger charge is 2.22. The number of nitrogens with one attached hydrogen (secondary N) is 1. The number of carbonyl (C=O) groups excluding carboxylic acids is 2. The summed E-state index contributed by atoms with van der Waals surface area (Å²) in [7, 11) is 1.22. The van der Waals surface area contributed by atoms with Gasteiger partial charge in [0.05, 0.1) is 35.1 Å². The SMILES string of the molecule is CCc1c(-c2ccccc2)nc2ccc(Br)cc2c1C(=O)Nc1ccc(C(=O)OC)cc1F. The Bertz CT molecular complexity index is 1370. The number of carbonyl (C=O) groups is 2. The van der Waals surface area contributed by atoms with Crippen LogP contribution < -0.4 is 5.32 Å². The summed E-state index contributed by atoms with van der Waals surface area (Å²) < 4.78 is 20.1. The largest absolute Gasteiger partial charge is 0.465 e. The molecule has 3 aromatic carbocycles. The van der Waals surface area contributed by atoms with Gasteiger partial charge in [-0.25, -0.2) is 14.2 Å². The van der Waals surface area contributed by atoms with Crippen LogP contribution in [-0.2, 0) is 11.2 Å². The lowest BCUT2D eigenvalue weighted by Gasteiger charge is -2.17. The zero-order valence-electron chi connectivity index (χ0n) is 18.0. The molecule has 0 saturated carbocycles. The van der Waals surface area contributed by atoms with Crippen LogP contribution in [0.4, 0.5) is 10.1 Å². The predicted molar refractivity (Wildman–Crippen MR) is 130 cm³/mol. The number of pyridine rings is 1. The normalized spacial score (nSPS) is 10.8. The minimum atomic E-state index is -0.730. The van der Waals surface area contributed by atoms with E-state index < -0.39 is 17.7 Å². The fourth-order valence-corrected chi connectivity index (χ4v) is 4.12. The van der Waals surface area contributed by atoms with E-state index in [2.05, 4.69) is 26.0 Å². The summed E-state index contributed by atoms with van der Waals surface area (Å²) in [5.41, 5.74) is 3.47. The number of ether oxygens (including phenoxy) is 1. The van der Waals surface area contributed by atoms with Gasteiger partial charge in [0.15, 0.2) is 0 Å². The number of anilines is 1. The summed E-state index contributed by atoms with van der Waals surface area (Å²) in [6.07, 6.45) is 0.548. The number of hydrogen-bond donors (Lipinski definition) is 1. The number of aromatic nitrogens is 1. The second kappa shape index (κ2) is 9.50. The third-order valence-corrected chi connectivity index (χ3v) is 5.81. The number of amides is 1. The van der Waals surface area contributed by atoms with Crippen LogP contribution in [0.5, 0.6) is 0 Å². The van der Waals surface area contributed by atoms with Crippen molar-refractivity contribution in [2.75, 3.05) is 12.4 Å². The summed E-state index contributed by atoms with van der Waals surface area (Å²) in [5.74, 6) is -1.84. The first-order valence-electron chi connectivity index (χ1n) is 10.3. The molecule has 1 aromatic heterocycles. The molecular formula is C26H20BrFN2O3. The molecule has 0 spiro atoms. The van der Waals surface area contributed by atoms with E-state index >= 15 is 0 Å². The lowest BCUT2D eigenvalue weighted by Crippen LogP contribution is -2.17. The Morgan fingerprint density at radius 2 is 1.82 bits per heavy atom. The Hall–Kier alpha value is -3.58. The number of benzene rings is 3. The Morgan fingerprint density at radius 1 is 1.06 bits per heavy atom. The predicted octanol–water partition coefficient (Wildman–Crippen LogP) is 6.40. The molecule has 166 valence electrons. The van der Waals surface area contributed by atoms with Gasteiger partial charge >= 0.3 is 5.97 Å². The fourth-order valence-electron chi connectivity index (χ4n) is 3.76. The van der Waals surface area contributed by atoms with Crippen LogP contribution >= 0.6 is 15.9 Å². The van der Waals surface area contributed by atoms with E-state index in [4.69, 9.17) is 4.98 Å². The van der Waals surface area contributed by atoms with Crippen molar-refractivity contribution in [3.8, 4) is 11.3 Å². The molecule has 7 heteroatoms. The van der Waals surface area contributed by atoms with E-state index in [-0.39, 0.29) is 11.3 Å². The third-order valence-electron chi connectivity index (χ3n) is 5.31. The molecule has 1 N–H and O–H groups in total. The molecule has 0 fully saturated rings. The Labute approximate surface area is 198 Å². The molecule has 0 aliphatic carbocycles. The van der Waals surface area contributed by atoms with Gasteiger partial charge in [0.1, 0.15) is 5.82 Å². The van der Waals surface area contributed by atoms with Crippen molar-refractivity contribution >= 4 is 44.4 Å². The Morgan fingerprint density at radius 3 is 2.48 bits per heavy atom. The van der Waals surface area contributed by atoms with Crippen LogP contribution in [0.25, 0.3) is 22.2 Å². The van der Waals surface area contributed by atoms with Gasteiger partial charge in [-0.2, -0.15) is 0 Å². The highest BCUT2D eigenvalue weighted by molar-refractivity contribution is 9.10. The lowest BCUT2D eigenvalue weighted by atomic mass is 9.94. The highest BCUT2D eigenvalue weighted by Crippen LogP contribution is 2.33. The zero-order chi connectivity index (χ0) is 23.5. The zero-order valence-corrected chi connectivity index (χ0v) is 19.6. The van der Waals surface area contributed by atoms with Crippen molar-refractivity contribution in [2.24, 2.45) is 0 Å². The maximum Gasteiger partial charge on any atom is 0.337 e. The highest BCUT2D eigenvalue weighted by atomic mass is 79.9. The molecule has 1 heterocycles. The van der Waals surface area contributed by atoms with Gasteiger partial charge in [-0.05, 0) is 48.4 Å². The van der Waals surface area contributed by atoms with E-state index in [9.17, 15) is 14.0 Å². The topological polar surface area (TPSA) is 68.3 Å². The van der Waals surface area contributed by atoms with Gasteiger partial charge in [-0.1, -0.05) is 53.2 Å². The number of hydrogen-bond acceptors (Lipinski definition) is 4. The molecule has 0 radical (unpaired) electrons. The lowest BCUT2D eigenvalue weighted by molar-refractivity contribution is 0.0600. The van der Waals surface area contributed by atoms with Crippen molar-refractivity contribution in [3.05, 3.63) is 93.7 Å². The Kier molecular flexibility index (Phi) is 6.51. The second-order valence-corrected chi connectivity index (χ2v) is 8.25. The first-order valence-corrected chi connectivity index (χ1v) is 11.1. The molecule has 33 heavy (non-hydrogen) atoms. The quantitative estimate of drug-likeness (QED) is 0.317. The van der Waals surface area contributed by atoms with E-state index in [1.807, 2.05) is 55.5 Å². The number of halogens is 2. The van der Waals surface area contributed by atoms with Crippen LogP contribution in [-0.4, -0.2) is 24.0 Å². The maximum atomic E-state index is 14.7. The van der Waals surface area contributed by atoms with E-state index in [1.165, 1.54) is 19.2 Å². The first-order chi connectivity index (χ1) is 15.9. The van der Waals surface area contributed by atoms with Gasteiger partial charge in [0, 0.05) is 15.4 Å². The average molecular weight is 507 g/mol. The minimum Gasteiger partial charge on any atom is -0.465 e. The Balaban J connectivity index is 1.86. The molecular weight excluding hydrogens is 487 g/mol. The molecule has 0 saturated heterocycles. The molecule has 0 aliphatic rings. The molecule has 4 rings (SSSR count). The summed E-state index contributed by atoms with van der Waals surface area (Å²) in [6, 6.07) is 19.0. The van der Waals surface area contributed by atoms with E-state index in [0.29, 0.717) is 28.6 Å². The molecule has 5 nitrogen and oxygen atoms in total. The minimum absolute atomic E-state index is 0.0315. The third kappa shape index (κ3) is 4.50. The monoisotopic (exact) mass is 506 g/mol. The summed E-state index contributed by atoms with van der Waals surface area (Å²) in [5, 5.41) is 3.32. The van der Waals surface area contributed by atoms with Crippen molar-refractivity contribution in [3.63, 3.8) is 0 Å². The maximum absolute atomic E-state index is 14.7. The molecule has 0 bridgehead atoms. The molecule has 0 atom stereocenters. The van der Waals surface area contributed by atoms with Crippen LogP contribution in [0.3, 0.4) is 0 Å². The fraction of sp³-hybridized carbons (Fsp3) is 0.115. The summed E-state index contributed by atoms with van der Waals surface area (Å²) in [6.45, 7) is 1.95. The molecule has 0 unspecified atom stereocenters. The standard InChI is InChI=1S/C26H20BrFN2O3/c1-3-18-23(25(31)30-22-11-9-16(13-20(22)28)26(32)33-2)19-14-17(27)10-12-21(19)29-24(18)15-7-5-4-6-8-15/h4-14H,3H2,1-2H3,(H,30,31). The van der Waals surface area contributed by atoms with Gasteiger partial charge < -0.3 is 10.1 Å². The second-order valence-electron chi connectivity index (χ2n) is 7.34. The molecule has 1 amide bonds. The van der Waals surface area contributed by atoms with Crippen molar-refractivity contribution in [1.82, 2.24) is 4.98 Å². The van der Waals surface area contributed by atoms with Crippen LogP contribution in [0.2, 0.25) is 0 Å². The van der Waals surface area contributed by atoms with Crippen LogP contribution in [0.15, 0.2) is 71.2 Å². The van der Waals surface area contributed by atoms with Gasteiger partial charge in [-0.3, -0.25) is 4.79 Å². The van der Waals surface area contributed by atoms with Crippen molar-refractivity contribution < 1.29 is 18.7 Å². The summed E-state index contributed by atoms with van der Waals surface area (Å²) >= 11 is 3.47.